The molecule has 170 valence electrons. The summed E-state index contributed by atoms with van der Waals surface area (Å²) in [5.74, 6) is -1.18. The molecule has 0 saturated heterocycles. The largest absolute Gasteiger partial charge is 0.454 e. The summed E-state index contributed by atoms with van der Waals surface area (Å²) < 4.78 is 32.9. The van der Waals surface area contributed by atoms with Crippen molar-refractivity contribution in [1.29, 1.82) is 0 Å². The van der Waals surface area contributed by atoms with Crippen LogP contribution in [0.15, 0.2) is 71.6 Å². The molecule has 0 unspecified atom stereocenters. The summed E-state index contributed by atoms with van der Waals surface area (Å²) in [5, 5.41) is 0.537. The van der Waals surface area contributed by atoms with Gasteiger partial charge < -0.3 is 4.74 Å². The summed E-state index contributed by atoms with van der Waals surface area (Å²) >= 11 is 11.7. The number of fused-ring (bicyclic) bond motifs is 1. The maximum Gasteiger partial charge on any atom is 0.338 e. The average Bonchev–Trinajstić information content (AvgIpc) is 2.83. The van der Waals surface area contributed by atoms with Crippen molar-refractivity contribution in [3.05, 3.63) is 93.5 Å². The highest BCUT2D eigenvalue weighted by Crippen LogP contribution is 2.31. The Kier molecular flexibility index (Phi) is 6.74. The predicted octanol–water partition coefficient (Wildman–Crippen LogP) is 5.17. The number of sulfonamides is 1. The molecule has 0 N–H and O–H groups in total. The number of anilines is 1. The van der Waals surface area contributed by atoms with E-state index in [1.807, 2.05) is 18.2 Å². The van der Waals surface area contributed by atoms with Crippen LogP contribution >= 0.6 is 23.2 Å². The molecule has 3 aromatic rings. The molecule has 0 aliphatic carbocycles. The number of aryl methyl sites for hydroxylation is 1. The van der Waals surface area contributed by atoms with Crippen molar-refractivity contribution < 1.29 is 22.7 Å². The first-order chi connectivity index (χ1) is 15.8. The van der Waals surface area contributed by atoms with E-state index in [1.54, 1.807) is 6.07 Å². The highest BCUT2D eigenvalue weighted by Gasteiger charge is 2.29. The molecule has 0 aromatic heterocycles. The number of nitrogens with zero attached hydrogens (tertiary/aromatic N) is 1. The van der Waals surface area contributed by atoms with Crippen molar-refractivity contribution >= 4 is 50.7 Å². The highest BCUT2D eigenvalue weighted by atomic mass is 35.5. The van der Waals surface area contributed by atoms with Crippen LogP contribution in [0.2, 0.25) is 10.0 Å². The quantitative estimate of drug-likeness (QED) is 0.342. The van der Waals surface area contributed by atoms with Crippen LogP contribution in [0.3, 0.4) is 0 Å². The zero-order valence-corrected chi connectivity index (χ0v) is 19.7. The maximum atomic E-state index is 13.2. The summed E-state index contributed by atoms with van der Waals surface area (Å²) in [5.41, 5.74) is 2.06. The number of rotatable bonds is 6. The molecule has 33 heavy (non-hydrogen) atoms. The van der Waals surface area contributed by atoms with Gasteiger partial charge in [0.1, 0.15) is 0 Å². The number of Topliss-reactive ketones (excluding diaryl/α,β-unsaturated/α-hetero) is 1. The van der Waals surface area contributed by atoms with Crippen molar-refractivity contribution in [2.75, 3.05) is 17.5 Å². The molecule has 0 spiro atoms. The van der Waals surface area contributed by atoms with Gasteiger partial charge in [-0.2, -0.15) is 0 Å². The topological polar surface area (TPSA) is 80.8 Å². The number of esters is 1. The van der Waals surface area contributed by atoms with Gasteiger partial charge in [-0.15, -0.1) is 0 Å². The van der Waals surface area contributed by atoms with E-state index in [2.05, 4.69) is 0 Å². The molecule has 1 aliphatic heterocycles. The molecule has 0 amide bonds. The van der Waals surface area contributed by atoms with Crippen LogP contribution in [-0.4, -0.2) is 33.3 Å². The third-order valence-corrected chi connectivity index (χ3v) is 7.89. The van der Waals surface area contributed by atoms with Crippen molar-refractivity contribution in [2.24, 2.45) is 0 Å². The first kappa shape index (κ1) is 23.3. The van der Waals surface area contributed by atoms with Gasteiger partial charge in [0.15, 0.2) is 12.4 Å². The Balaban J connectivity index is 1.45. The van der Waals surface area contributed by atoms with Gasteiger partial charge >= 0.3 is 5.97 Å². The molecule has 1 heterocycles. The Hall–Kier alpha value is -2.87. The number of hydrogen-bond donors (Lipinski definition) is 0. The zero-order chi connectivity index (χ0) is 23.6. The van der Waals surface area contributed by atoms with Gasteiger partial charge in [0.25, 0.3) is 10.0 Å². The lowest BCUT2D eigenvalue weighted by Gasteiger charge is -2.30. The number of carbonyl (C=O) groups excluding carboxylic acids is 2. The first-order valence-corrected chi connectivity index (χ1v) is 12.3. The van der Waals surface area contributed by atoms with Crippen molar-refractivity contribution in [3.63, 3.8) is 0 Å². The van der Waals surface area contributed by atoms with Crippen LogP contribution < -0.4 is 4.31 Å². The monoisotopic (exact) mass is 503 g/mol. The summed E-state index contributed by atoms with van der Waals surface area (Å²) in [6, 6.07) is 17.3. The summed E-state index contributed by atoms with van der Waals surface area (Å²) in [4.78, 5) is 24.7. The van der Waals surface area contributed by atoms with E-state index < -0.39 is 28.4 Å². The molecule has 4 rings (SSSR count). The Labute approximate surface area is 201 Å². The van der Waals surface area contributed by atoms with E-state index in [9.17, 15) is 18.0 Å². The zero-order valence-electron chi connectivity index (χ0n) is 17.3. The number of para-hydroxylation sites is 1. The van der Waals surface area contributed by atoms with Gasteiger partial charge in [-0.1, -0.05) is 41.4 Å². The first-order valence-electron chi connectivity index (χ1n) is 10.1. The third-order valence-electron chi connectivity index (χ3n) is 5.32. The lowest BCUT2D eigenvalue weighted by atomic mass is 10.0. The minimum Gasteiger partial charge on any atom is -0.454 e. The minimum absolute atomic E-state index is 0.0719. The number of benzene rings is 3. The Morgan fingerprint density at radius 3 is 2.33 bits per heavy atom. The van der Waals surface area contributed by atoms with E-state index in [0.29, 0.717) is 17.3 Å². The maximum absolute atomic E-state index is 13.2. The van der Waals surface area contributed by atoms with Gasteiger partial charge in [-0.05, 0) is 66.9 Å². The van der Waals surface area contributed by atoms with Crippen LogP contribution in [0.1, 0.15) is 32.7 Å². The third kappa shape index (κ3) is 4.90. The van der Waals surface area contributed by atoms with Crippen molar-refractivity contribution in [2.45, 2.75) is 17.7 Å². The molecule has 3 aromatic carbocycles. The summed E-state index contributed by atoms with van der Waals surface area (Å²) in [7, 11) is -3.78. The van der Waals surface area contributed by atoms with Gasteiger partial charge in [-0.25, -0.2) is 13.2 Å². The van der Waals surface area contributed by atoms with Gasteiger partial charge in [0.05, 0.1) is 26.2 Å². The molecular weight excluding hydrogens is 485 g/mol. The van der Waals surface area contributed by atoms with E-state index in [0.717, 1.165) is 18.4 Å². The predicted molar refractivity (Wildman–Crippen MR) is 127 cm³/mol. The smallest absolute Gasteiger partial charge is 0.338 e. The summed E-state index contributed by atoms with van der Waals surface area (Å²) in [6.45, 7) is -0.0959. The van der Waals surface area contributed by atoms with Crippen LogP contribution in [-0.2, 0) is 21.2 Å². The molecular formula is C24H19Cl2NO5S. The second kappa shape index (κ2) is 9.55. The number of ketones is 1. The van der Waals surface area contributed by atoms with Gasteiger partial charge in [0.2, 0.25) is 0 Å². The van der Waals surface area contributed by atoms with Gasteiger partial charge in [0, 0.05) is 12.1 Å². The fourth-order valence-corrected chi connectivity index (χ4v) is 5.45. The van der Waals surface area contributed by atoms with E-state index in [4.69, 9.17) is 27.9 Å². The summed E-state index contributed by atoms with van der Waals surface area (Å²) in [6.07, 6.45) is 1.56. The van der Waals surface area contributed by atoms with Crippen LogP contribution in [0, 0.1) is 0 Å². The van der Waals surface area contributed by atoms with E-state index in [-0.39, 0.29) is 21.0 Å². The van der Waals surface area contributed by atoms with Crippen molar-refractivity contribution in [1.82, 2.24) is 0 Å². The molecule has 0 bridgehead atoms. The number of halogens is 2. The average molecular weight is 504 g/mol. The molecule has 9 heteroatoms. The van der Waals surface area contributed by atoms with Crippen molar-refractivity contribution in [3.8, 4) is 0 Å². The fourth-order valence-electron chi connectivity index (χ4n) is 3.61. The normalized spacial score (nSPS) is 13.3. The van der Waals surface area contributed by atoms with Crippen LogP contribution in [0.4, 0.5) is 5.69 Å². The number of hydrogen-bond acceptors (Lipinski definition) is 5. The van der Waals surface area contributed by atoms with Gasteiger partial charge in [-0.3, -0.25) is 9.10 Å². The second-order valence-electron chi connectivity index (χ2n) is 7.46. The molecule has 0 saturated carbocycles. The Morgan fingerprint density at radius 2 is 1.61 bits per heavy atom. The number of carbonyl (C=O) groups is 2. The van der Waals surface area contributed by atoms with E-state index in [1.165, 1.54) is 46.8 Å². The molecule has 1 aliphatic rings. The minimum atomic E-state index is -3.78. The lowest BCUT2D eigenvalue weighted by Crippen LogP contribution is -2.35. The highest BCUT2D eigenvalue weighted by molar-refractivity contribution is 7.92. The van der Waals surface area contributed by atoms with Crippen LogP contribution in [0.25, 0.3) is 0 Å². The fraction of sp³-hybridized carbons (Fsp3) is 0.167. The number of ether oxygens (including phenoxy) is 1. The Morgan fingerprint density at radius 1 is 0.909 bits per heavy atom. The SMILES string of the molecule is O=C(COC(=O)c1ccc(S(=O)(=O)N2CCCc3ccccc32)cc1)c1ccc(Cl)c(Cl)c1. The Bertz CT molecular complexity index is 1320. The molecule has 0 fully saturated rings. The molecule has 6 nitrogen and oxygen atoms in total. The second-order valence-corrected chi connectivity index (χ2v) is 10.1. The molecule has 0 radical (unpaired) electrons. The molecule has 0 atom stereocenters. The van der Waals surface area contributed by atoms with E-state index >= 15 is 0 Å². The lowest BCUT2D eigenvalue weighted by molar-refractivity contribution is 0.0474. The van der Waals surface area contributed by atoms with Crippen LogP contribution in [0.5, 0.6) is 0 Å². The standard InChI is InChI=1S/C24H19Cl2NO5S/c25-20-12-9-18(14-21(20)26)23(28)15-32-24(29)17-7-10-19(11-8-17)33(30,31)27-13-3-5-16-4-1-2-6-22(16)27/h1-2,4,6-12,14H,3,5,13,15H2.